The Morgan fingerprint density at radius 1 is 1.12 bits per heavy atom. The van der Waals surface area contributed by atoms with E-state index in [1.54, 1.807) is 26.2 Å². The number of benzene rings is 1. The summed E-state index contributed by atoms with van der Waals surface area (Å²) in [7, 11) is -0.254. The van der Waals surface area contributed by atoms with Crippen molar-refractivity contribution >= 4 is 10.0 Å². The number of piperidine rings is 1. The van der Waals surface area contributed by atoms with E-state index in [0.29, 0.717) is 10.8 Å². The van der Waals surface area contributed by atoms with Crippen LogP contribution in [-0.2, 0) is 16.6 Å². The van der Waals surface area contributed by atoms with Gasteiger partial charge in [0, 0.05) is 39.6 Å². The molecule has 2 aromatic rings. The monoisotopic (exact) mass is 359 g/mol. The van der Waals surface area contributed by atoms with Crippen LogP contribution in [0.15, 0.2) is 53.7 Å². The molecule has 1 aliphatic rings. The Labute approximate surface area is 150 Å². The van der Waals surface area contributed by atoms with Crippen molar-refractivity contribution < 1.29 is 8.42 Å². The first-order valence-electron chi connectivity index (χ1n) is 8.60. The molecule has 0 N–H and O–H groups in total. The Hall–Kier alpha value is -1.76. The van der Waals surface area contributed by atoms with Crippen LogP contribution in [0.25, 0.3) is 0 Å². The van der Waals surface area contributed by atoms with Crippen LogP contribution < -0.4 is 0 Å². The molecule has 1 atom stereocenters. The molecule has 0 saturated carbocycles. The molecule has 5 nitrogen and oxygen atoms in total. The van der Waals surface area contributed by atoms with Crippen LogP contribution >= 0.6 is 0 Å². The lowest BCUT2D eigenvalue weighted by Gasteiger charge is -2.33. The Morgan fingerprint density at radius 3 is 2.44 bits per heavy atom. The number of sulfonamides is 1. The molecule has 134 valence electrons. The molecular weight excluding hydrogens is 334 g/mol. The summed E-state index contributed by atoms with van der Waals surface area (Å²) in [5.41, 5.74) is 2.50. The van der Waals surface area contributed by atoms with Crippen LogP contribution in [0.5, 0.6) is 0 Å². The molecule has 25 heavy (non-hydrogen) atoms. The number of rotatable bonds is 5. The van der Waals surface area contributed by atoms with Crippen molar-refractivity contribution in [2.45, 2.75) is 30.2 Å². The zero-order valence-electron chi connectivity index (χ0n) is 14.8. The Bertz CT molecular complexity index is 789. The van der Waals surface area contributed by atoms with Gasteiger partial charge >= 0.3 is 0 Å². The first-order chi connectivity index (χ1) is 12.0. The fraction of sp³-hybridized carbons (Fsp3) is 0.421. The average molecular weight is 359 g/mol. The van der Waals surface area contributed by atoms with Gasteiger partial charge in [-0.1, -0.05) is 12.1 Å². The molecule has 1 aromatic carbocycles. The third-order valence-electron chi connectivity index (χ3n) is 4.79. The van der Waals surface area contributed by atoms with E-state index in [4.69, 9.17) is 0 Å². The molecule has 1 aliphatic heterocycles. The number of pyridine rings is 1. The van der Waals surface area contributed by atoms with Gasteiger partial charge in [-0.05, 0) is 60.7 Å². The number of nitrogens with zero attached hydrogens (tertiary/aromatic N) is 3. The Kier molecular flexibility index (Phi) is 5.51. The van der Waals surface area contributed by atoms with Gasteiger partial charge in [-0.2, -0.15) is 0 Å². The highest BCUT2D eigenvalue weighted by Crippen LogP contribution is 2.27. The van der Waals surface area contributed by atoms with E-state index in [1.165, 1.54) is 22.7 Å². The number of aromatic nitrogens is 1. The summed E-state index contributed by atoms with van der Waals surface area (Å²) in [6.07, 6.45) is 6.11. The zero-order chi connectivity index (χ0) is 17.9. The van der Waals surface area contributed by atoms with E-state index >= 15 is 0 Å². The van der Waals surface area contributed by atoms with Crippen LogP contribution in [0.4, 0.5) is 0 Å². The summed E-state index contributed by atoms with van der Waals surface area (Å²) < 4.78 is 25.5. The smallest absolute Gasteiger partial charge is 0.242 e. The maximum atomic E-state index is 12.1. The molecule has 0 radical (unpaired) electrons. The summed E-state index contributed by atoms with van der Waals surface area (Å²) in [4.78, 5) is 6.89. The molecular formula is C19H25N3O2S. The van der Waals surface area contributed by atoms with Gasteiger partial charge in [-0.15, -0.1) is 0 Å². The molecule has 0 aliphatic carbocycles. The minimum absolute atomic E-state index is 0.342. The third kappa shape index (κ3) is 4.26. The second kappa shape index (κ2) is 7.64. The summed E-state index contributed by atoms with van der Waals surface area (Å²) >= 11 is 0. The van der Waals surface area contributed by atoms with Crippen molar-refractivity contribution in [1.82, 2.24) is 14.2 Å². The van der Waals surface area contributed by atoms with Gasteiger partial charge in [0.25, 0.3) is 0 Å². The first-order valence-corrected chi connectivity index (χ1v) is 10.0. The zero-order valence-corrected chi connectivity index (χ0v) is 15.6. The normalized spacial score (nSPS) is 19.2. The number of hydrogen-bond acceptors (Lipinski definition) is 4. The van der Waals surface area contributed by atoms with Crippen molar-refractivity contribution in [1.29, 1.82) is 0 Å². The highest BCUT2D eigenvalue weighted by Gasteiger charge is 2.22. The van der Waals surface area contributed by atoms with Crippen LogP contribution in [0, 0.1) is 0 Å². The van der Waals surface area contributed by atoms with Crippen LogP contribution in [-0.4, -0.2) is 49.8 Å². The van der Waals surface area contributed by atoms with Crippen molar-refractivity contribution in [3.8, 4) is 0 Å². The molecule has 1 saturated heterocycles. The highest BCUT2D eigenvalue weighted by molar-refractivity contribution is 7.89. The van der Waals surface area contributed by atoms with Crippen molar-refractivity contribution in [3.05, 3.63) is 59.9 Å². The molecule has 0 bridgehead atoms. The summed E-state index contributed by atoms with van der Waals surface area (Å²) in [6, 6.07) is 11.5. The maximum absolute atomic E-state index is 12.1. The number of hydrogen-bond donors (Lipinski definition) is 0. The second-order valence-corrected chi connectivity index (χ2v) is 8.94. The lowest BCUT2D eigenvalue weighted by atomic mass is 9.91. The Morgan fingerprint density at radius 2 is 1.80 bits per heavy atom. The van der Waals surface area contributed by atoms with Crippen LogP contribution in [0.2, 0.25) is 0 Å². The third-order valence-corrected chi connectivity index (χ3v) is 6.62. The van der Waals surface area contributed by atoms with Crippen LogP contribution in [0.3, 0.4) is 0 Å². The lowest BCUT2D eigenvalue weighted by molar-refractivity contribution is 0.200. The standard InChI is InChI=1S/C19H25N3O2S/c1-21(2)25(23,24)19-7-5-16(6-8-19)14-22-13-3-4-18(15-22)17-9-11-20-12-10-17/h5-12,18H,3-4,13-15H2,1-2H3. The van der Waals surface area contributed by atoms with E-state index in [2.05, 4.69) is 22.0 Å². The molecule has 0 amide bonds. The summed E-state index contributed by atoms with van der Waals surface area (Å²) in [5.74, 6) is 0.546. The quantitative estimate of drug-likeness (QED) is 0.824. The van der Waals surface area contributed by atoms with Crippen LogP contribution in [0.1, 0.15) is 29.9 Å². The van der Waals surface area contributed by atoms with Gasteiger partial charge in [0.2, 0.25) is 10.0 Å². The maximum Gasteiger partial charge on any atom is 0.242 e. The van der Waals surface area contributed by atoms with Gasteiger partial charge in [0.15, 0.2) is 0 Å². The number of likely N-dealkylation sites (tertiary alicyclic amines) is 1. The van der Waals surface area contributed by atoms with E-state index in [9.17, 15) is 8.42 Å². The molecule has 6 heteroatoms. The first kappa shape index (κ1) is 18.0. The summed E-state index contributed by atoms with van der Waals surface area (Å²) in [5, 5.41) is 0. The predicted octanol–water partition coefficient (Wildman–Crippen LogP) is 2.71. The molecule has 2 heterocycles. The average Bonchev–Trinajstić information content (AvgIpc) is 2.63. The SMILES string of the molecule is CN(C)S(=O)(=O)c1ccc(CN2CCCC(c3ccncc3)C2)cc1. The molecule has 1 unspecified atom stereocenters. The van der Waals surface area contributed by atoms with E-state index in [1.807, 2.05) is 24.5 Å². The van der Waals surface area contributed by atoms with Gasteiger partial charge in [-0.3, -0.25) is 9.88 Å². The topological polar surface area (TPSA) is 53.5 Å². The lowest BCUT2D eigenvalue weighted by Crippen LogP contribution is -2.33. The molecule has 0 spiro atoms. The van der Waals surface area contributed by atoms with Gasteiger partial charge in [-0.25, -0.2) is 12.7 Å². The van der Waals surface area contributed by atoms with Gasteiger partial charge < -0.3 is 0 Å². The molecule has 3 rings (SSSR count). The predicted molar refractivity (Wildman–Crippen MR) is 98.8 cm³/mol. The second-order valence-electron chi connectivity index (χ2n) is 6.79. The fourth-order valence-corrected chi connectivity index (χ4v) is 4.24. The minimum atomic E-state index is -3.36. The fourth-order valence-electron chi connectivity index (χ4n) is 3.34. The van der Waals surface area contributed by atoms with Gasteiger partial charge in [0.1, 0.15) is 0 Å². The van der Waals surface area contributed by atoms with Crippen molar-refractivity contribution in [2.24, 2.45) is 0 Å². The van der Waals surface area contributed by atoms with Gasteiger partial charge in [0.05, 0.1) is 4.90 Å². The van der Waals surface area contributed by atoms with E-state index < -0.39 is 10.0 Å². The van der Waals surface area contributed by atoms with E-state index in [0.717, 1.165) is 25.2 Å². The summed E-state index contributed by atoms with van der Waals surface area (Å²) in [6.45, 7) is 2.96. The molecule has 1 fully saturated rings. The van der Waals surface area contributed by atoms with Crippen molar-refractivity contribution in [2.75, 3.05) is 27.2 Å². The van der Waals surface area contributed by atoms with Crippen molar-refractivity contribution in [3.63, 3.8) is 0 Å². The minimum Gasteiger partial charge on any atom is -0.298 e. The van der Waals surface area contributed by atoms with E-state index in [-0.39, 0.29) is 0 Å². The Balaban J connectivity index is 1.66. The molecule has 1 aromatic heterocycles. The largest absolute Gasteiger partial charge is 0.298 e. The highest BCUT2D eigenvalue weighted by atomic mass is 32.2.